The molecule has 8 heteroatoms. The zero-order valence-electron chi connectivity index (χ0n) is 14.3. The first kappa shape index (κ1) is 15.2. The lowest BCUT2D eigenvalue weighted by Gasteiger charge is -2.31. The van der Waals surface area contributed by atoms with Crippen molar-refractivity contribution in [3.63, 3.8) is 0 Å². The van der Waals surface area contributed by atoms with Crippen molar-refractivity contribution >= 4 is 11.5 Å². The molecule has 0 aromatic carbocycles. The molecule has 1 aliphatic carbocycles. The number of fused-ring (bicyclic) bond motifs is 1. The van der Waals surface area contributed by atoms with Crippen LogP contribution in [0.15, 0.2) is 24.5 Å². The van der Waals surface area contributed by atoms with Crippen LogP contribution in [0.2, 0.25) is 0 Å². The molecule has 0 spiro atoms. The lowest BCUT2D eigenvalue weighted by molar-refractivity contribution is 0.474. The summed E-state index contributed by atoms with van der Waals surface area (Å²) < 4.78 is 1.94. The van der Waals surface area contributed by atoms with E-state index in [9.17, 15) is 0 Å². The summed E-state index contributed by atoms with van der Waals surface area (Å²) in [7, 11) is 0. The topological polar surface area (TPSA) is 95.9 Å². The molecule has 26 heavy (non-hydrogen) atoms. The molecule has 4 heterocycles. The Hall–Kier alpha value is -3.08. The van der Waals surface area contributed by atoms with Gasteiger partial charge in [-0.15, -0.1) is 10.2 Å². The van der Waals surface area contributed by atoms with E-state index in [1.807, 2.05) is 16.7 Å². The van der Waals surface area contributed by atoms with Gasteiger partial charge in [0.25, 0.3) is 0 Å². The summed E-state index contributed by atoms with van der Waals surface area (Å²) >= 11 is 0. The van der Waals surface area contributed by atoms with Crippen molar-refractivity contribution in [3.05, 3.63) is 41.7 Å². The summed E-state index contributed by atoms with van der Waals surface area (Å²) in [4.78, 5) is 10.7. The number of hydrogen-bond acceptors (Lipinski definition) is 7. The summed E-state index contributed by atoms with van der Waals surface area (Å²) in [6, 6.07) is 6.11. The standard InChI is InChI=1S/C18H18N8/c19-9-14-10-21-17(11-20-14)25-7-5-13(6-8-25)18-23-22-16-4-3-15(12-1-2-12)24-26(16)18/h3-4,10-13H,1-2,5-8H2. The normalized spacial score (nSPS) is 18.2. The first-order valence-corrected chi connectivity index (χ1v) is 9.01. The zero-order valence-corrected chi connectivity index (χ0v) is 14.3. The number of anilines is 1. The minimum absolute atomic E-state index is 0.342. The van der Waals surface area contributed by atoms with Gasteiger partial charge in [-0.2, -0.15) is 14.9 Å². The summed E-state index contributed by atoms with van der Waals surface area (Å²) in [6.45, 7) is 1.75. The highest BCUT2D eigenvalue weighted by Gasteiger charge is 2.28. The minimum Gasteiger partial charge on any atom is -0.355 e. The molecule has 1 saturated heterocycles. The molecule has 3 aromatic heterocycles. The molecule has 1 aliphatic heterocycles. The quantitative estimate of drug-likeness (QED) is 0.716. The molecule has 130 valence electrons. The minimum atomic E-state index is 0.342. The maximum absolute atomic E-state index is 8.84. The van der Waals surface area contributed by atoms with Crippen LogP contribution in [0.5, 0.6) is 0 Å². The van der Waals surface area contributed by atoms with Crippen LogP contribution in [-0.2, 0) is 0 Å². The summed E-state index contributed by atoms with van der Waals surface area (Å²) in [5, 5.41) is 22.4. The Labute approximate surface area is 150 Å². The van der Waals surface area contributed by atoms with E-state index < -0.39 is 0 Å². The second-order valence-electron chi connectivity index (χ2n) is 6.99. The molecule has 2 aliphatic rings. The fraction of sp³-hybridized carbons (Fsp3) is 0.444. The maximum Gasteiger partial charge on any atom is 0.177 e. The Morgan fingerprint density at radius 3 is 2.50 bits per heavy atom. The van der Waals surface area contributed by atoms with Crippen molar-refractivity contribution in [2.45, 2.75) is 37.5 Å². The highest BCUT2D eigenvalue weighted by Crippen LogP contribution is 2.39. The Balaban J connectivity index is 1.34. The second kappa shape index (κ2) is 6.02. The molecule has 8 nitrogen and oxygen atoms in total. The second-order valence-corrected chi connectivity index (χ2v) is 6.99. The van der Waals surface area contributed by atoms with E-state index in [0.29, 0.717) is 17.5 Å². The molecule has 0 N–H and O–H groups in total. The largest absolute Gasteiger partial charge is 0.355 e. The van der Waals surface area contributed by atoms with Crippen LogP contribution in [-0.4, -0.2) is 42.9 Å². The van der Waals surface area contributed by atoms with E-state index in [1.165, 1.54) is 19.0 Å². The SMILES string of the molecule is N#Cc1cnc(N2CCC(c3nnc4ccc(C5CC5)nn34)CC2)cn1. The van der Waals surface area contributed by atoms with Crippen LogP contribution in [0.25, 0.3) is 5.65 Å². The van der Waals surface area contributed by atoms with Crippen molar-refractivity contribution in [2.24, 2.45) is 0 Å². The maximum atomic E-state index is 8.84. The van der Waals surface area contributed by atoms with Crippen molar-refractivity contribution in [1.82, 2.24) is 29.8 Å². The lowest BCUT2D eigenvalue weighted by atomic mass is 9.96. The predicted octanol–water partition coefficient (Wildman–Crippen LogP) is 2.05. The molecule has 1 saturated carbocycles. The van der Waals surface area contributed by atoms with Gasteiger partial charge >= 0.3 is 0 Å². The predicted molar refractivity (Wildman–Crippen MR) is 93.7 cm³/mol. The number of hydrogen-bond donors (Lipinski definition) is 0. The smallest absolute Gasteiger partial charge is 0.177 e. The van der Waals surface area contributed by atoms with Gasteiger partial charge < -0.3 is 4.90 Å². The lowest BCUT2D eigenvalue weighted by Crippen LogP contribution is -2.34. The fourth-order valence-corrected chi connectivity index (χ4v) is 3.58. The van der Waals surface area contributed by atoms with E-state index in [-0.39, 0.29) is 0 Å². The summed E-state index contributed by atoms with van der Waals surface area (Å²) in [5.74, 6) is 2.75. The van der Waals surface area contributed by atoms with Gasteiger partial charge in [0.1, 0.15) is 11.9 Å². The zero-order chi connectivity index (χ0) is 17.5. The van der Waals surface area contributed by atoms with Crippen molar-refractivity contribution in [2.75, 3.05) is 18.0 Å². The van der Waals surface area contributed by atoms with Crippen LogP contribution in [0, 0.1) is 11.3 Å². The van der Waals surface area contributed by atoms with Crippen LogP contribution < -0.4 is 4.90 Å². The van der Waals surface area contributed by atoms with Gasteiger partial charge in [-0.3, -0.25) is 0 Å². The fourth-order valence-electron chi connectivity index (χ4n) is 3.58. The first-order valence-electron chi connectivity index (χ1n) is 9.01. The van der Waals surface area contributed by atoms with Crippen LogP contribution >= 0.6 is 0 Å². The van der Waals surface area contributed by atoms with Gasteiger partial charge in [0.05, 0.1) is 18.1 Å². The Bertz CT molecular complexity index is 975. The highest BCUT2D eigenvalue weighted by molar-refractivity contribution is 5.40. The van der Waals surface area contributed by atoms with E-state index in [4.69, 9.17) is 10.4 Å². The van der Waals surface area contributed by atoms with Gasteiger partial charge in [0.15, 0.2) is 17.2 Å². The average molecular weight is 346 g/mol. The number of nitrogens with zero attached hydrogens (tertiary/aromatic N) is 8. The van der Waals surface area contributed by atoms with Gasteiger partial charge in [-0.1, -0.05) is 0 Å². The van der Waals surface area contributed by atoms with Gasteiger partial charge in [0.2, 0.25) is 0 Å². The number of piperidine rings is 1. The van der Waals surface area contributed by atoms with Gasteiger partial charge in [0, 0.05) is 24.9 Å². The average Bonchev–Trinajstić information content (AvgIpc) is 3.47. The first-order chi connectivity index (χ1) is 12.8. The molecule has 2 fully saturated rings. The van der Waals surface area contributed by atoms with Crippen molar-refractivity contribution < 1.29 is 0 Å². The third kappa shape index (κ3) is 2.65. The molecule has 5 rings (SSSR count). The molecular weight excluding hydrogens is 328 g/mol. The number of rotatable bonds is 3. The van der Waals surface area contributed by atoms with E-state index >= 15 is 0 Å². The molecule has 3 aromatic rings. The Morgan fingerprint density at radius 1 is 0.962 bits per heavy atom. The Kier molecular flexibility index (Phi) is 3.52. The summed E-state index contributed by atoms with van der Waals surface area (Å²) in [6.07, 6.45) is 7.61. The number of nitriles is 1. The van der Waals surface area contributed by atoms with Crippen LogP contribution in [0.3, 0.4) is 0 Å². The van der Waals surface area contributed by atoms with Gasteiger partial charge in [-0.05, 0) is 37.8 Å². The third-order valence-corrected chi connectivity index (χ3v) is 5.24. The van der Waals surface area contributed by atoms with Crippen LogP contribution in [0.1, 0.15) is 54.7 Å². The molecule has 0 radical (unpaired) electrons. The molecule has 0 atom stereocenters. The van der Waals surface area contributed by atoms with Gasteiger partial charge in [-0.25, -0.2) is 9.97 Å². The molecule has 0 amide bonds. The summed E-state index contributed by atoms with van der Waals surface area (Å²) in [5.41, 5.74) is 2.32. The molecular formula is C18H18N8. The Morgan fingerprint density at radius 2 is 1.81 bits per heavy atom. The molecule has 0 unspecified atom stereocenters. The van der Waals surface area contributed by atoms with E-state index in [2.05, 4.69) is 31.1 Å². The number of aromatic nitrogens is 6. The highest BCUT2D eigenvalue weighted by atomic mass is 15.4. The third-order valence-electron chi connectivity index (χ3n) is 5.24. The van der Waals surface area contributed by atoms with Crippen molar-refractivity contribution in [1.29, 1.82) is 5.26 Å². The van der Waals surface area contributed by atoms with E-state index in [0.717, 1.165) is 48.9 Å². The van der Waals surface area contributed by atoms with Crippen LogP contribution in [0.4, 0.5) is 5.82 Å². The van der Waals surface area contributed by atoms with E-state index in [1.54, 1.807) is 6.20 Å². The molecule has 0 bridgehead atoms. The van der Waals surface area contributed by atoms with Crippen molar-refractivity contribution in [3.8, 4) is 6.07 Å². The monoisotopic (exact) mass is 346 g/mol.